The van der Waals surface area contributed by atoms with Gasteiger partial charge in [-0.25, -0.2) is 4.98 Å². The lowest BCUT2D eigenvalue weighted by molar-refractivity contribution is 0.483. The molecule has 568 valence electrons. The molecule has 0 unspecified atom stereocenters. The van der Waals surface area contributed by atoms with Crippen LogP contribution >= 0.6 is 0 Å². The van der Waals surface area contributed by atoms with Crippen molar-refractivity contribution < 1.29 is 9.15 Å². The fraction of sp³-hybridized carbons (Fsp3) is 0.375. The Morgan fingerprint density at radius 1 is 0.355 bits per heavy atom. The molecule has 110 heavy (non-hydrogen) atoms. The van der Waals surface area contributed by atoms with Gasteiger partial charge in [0.25, 0.3) is 0 Å². The molecule has 0 atom stereocenters. The molecule has 4 heterocycles. The van der Waals surface area contributed by atoms with Gasteiger partial charge in [0.15, 0.2) is 0 Å². The minimum absolute atomic E-state index is 0.103. The fourth-order valence-electron chi connectivity index (χ4n) is 16.2. The lowest BCUT2D eigenvalue weighted by Gasteiger charge is -2.33. The van der Waals surface area contributed by atoms with Crippen molar-refractivity contribution in [1.82, 2.24) is 9.55 Å². The Balaban J connectivity index is 1.03. The summed E-state index contributed by atoms with van der Waals surface area (Å²) >= 11 is 0. The highest BCUT2D eigenvalue weighted by Gasteiger charge is 2.37. The molecule has 6 heteroatoms. The summed E-state index contributed by atoms with van der Waals surface area (Å²) in [5.41, 5.74) is 29.7. The van der Waals surface area contributed by atoms with Crippen molar-refractivity contribution in [3.05, 3.63) is 250 Å². The second kappa shape index (κ2) is 27.1. The van der Waals surface area contributed by atoms with Gasteiger partial charge in [0.1, 0.15) is 35.2 Å². The summed E-state index contributed by atoms with van der Waals surface area (Å²) in [5.74, 6) is 2.77. The van der Waals surface area contributed by atoms with Crippen molar-refractivity contribution in [2.75, 3.05) is 16.5 Å². The van der Waals surface area contributed by atoms with E-state index in [1.165, 1.54) is 89.1 Å². The first-order chi connectivity index (χ1) is 51.2. The number of benzene rings is 10. The maximum absolute atomic E-state index is 7.69. The topological polar surface area (TPSA) is 46.7 Å². The van der Waals surface area contributed by atoms with Crippen molar-refractivity contribution in [1.29, 1.82) is 0 Å². The van der Waals surface area contributed by atoms with E-state index in [0.717, 1.165) is 89.1 Å². The van der Waals surface area contributed by atoms with Crippen molar-refractivity contribution in [3.8, 4) is 61.8 Å². The SMILES string of the molecule is CC(C)c1cccc(C(C)C)c1-c1cc(Oc2ccc3c4c5oc6ccccc6c5c(-c5cc(C(C)(C)C)cc(C(C)(C)C)c5)cc4n(-c4cc(C(C)(C)C)ccn4)c3c2)cc(N2CN(c3c(-c4cc(C(C)(C)C)cc(C(C)(C)C)c4)cc(C(C)(C)C)cc3-c3cc(C(C)(C)C)cc(C(C)(C)C)c3)c3ccccc32)c1. The Hall–Kier alpha value is -9.65. The lowest BCUT2D eigenvalue weighted by atomic mass is 9.76. The number of pyridine rings is 1. The predicted octanol–water partition coefficient (Wildman–Crippen LogP) is 30.4. The molecular formula is C104H120N4O2. The largest absolute Gasteiger partial charge is 0.457 e. The highest BCUT2D eigenvalue weighted by molar-refractivity contribution is 6.28. The number of para-hydroxylation sites is 3. The third-order valence-electron chi connectivity index (χ3n) is 23.2. The molecule has 0 radical (unpaired) electrons. The van der Waals surface area contributed by atoms with Crippen molar-refractivity contribution in [2.24, 2.45) is 0 Å². The fourth-order valence-corrected chi connectivity index (χ4v) is 16.2. The molecule has 1 aliphatic heterocycles. The van der Waals surface area contributed by atoms with E-state index < -0.39 is 0 Å². The summed E-state index contributed by atoms with van der Waals surface area (Å²) in [6, 6.07) is 72.5. The Morgan fingerprint density at radius 3 is 1.29 bits per heavy atom. The third-order valence-corrected chi connectivity index (χ3v) is 23.2. The molecule has 0 saturated carbocycles. The van der Waals surface area contributed by atoms with Gasteiger partial charge >= 0.3 is 0 Å². The first kappa shape index (κ1) is 77.1. The quantitative estimate of drug-likeness (QED) is 0.129. The number of ether oxygens (including phenoxy) is 1. The highest BCUT2D eigenvalue weighted by atomic mass is 16.5. The smallest absolute Gasteiger partial charge is 0.146 e. The van der Waals surface area contributed by atoms with Crippen LogP contribution in [0.1, 0.15) is 261 Å². The first-order valence-electron chi connectivity index (χ1n) is 40.4. The van der Waals surface area contributed by atoms with E-state index in [2.05, 4.69) is 396 Å². The van der Waals surface area contributed by atoms with Gasteiger partial charge in [-0.2, -0.15) is 0 Å². The first-order valence-corrected chi connectivity index (χ1v) is 40.4. The van der Waals surface area contributed by atoms with Crippen LogP contribution in [0.25, 0.3) is 94.1 Å². The van der Waals surface area contributed by atoms with Gasteiger partial charge in [-0.3, -0.25) is 4.57 Å². The van der Waals surface area contributed by atoms with Crippen LogP contribution in [-0.4, -0.2) is 16.2 Å². The van der Waals surface area contributed by atoms with Crippen LogP contribution in [0, 0.1) is 0 Å². The average molecular weight is 1460 g/mol. The Morgan fingerprint density at radius 2 is 0.809 bits per heavy atom. The van der Waals surface area contributed by atoms with E-state index in [-0.39, 0.29) is 55.2 Å². The lowest BCUT2D eigenvalue weighted by Crippen LogP contribution is -2.26. The number of hydrogen-bond acceptors (Lipinski definition) is 5. The van der Waals surface area contributed by atoms with Gasteiger partial charge < -0.3 is 19.0 Å². The monoisotopic (exact) mass is 1460 g/mol. The zero-order valence-corrected chi connectivity index (χ0v) is 71.4. The Kier molecular flexibility index (Phi) is 19.0. The number of rotatable bonds is 11. The molecule has 0 bridgehead atoms. The average Bonchev–Trinajstić information content (AvgIpc) is 1.54. The van der Waals surface area contributed by atoms with Gasteiger partial charge in [0.2, 0.25) is 0 Å². The Labute approximate surface area is 658 Å². The van der Waals surface area contributed by atoms with E-state index in [0.29, 0.717) is 12.4 Å². The summed E-state index contributed by atoms with van der Waals surface area (Å²) in [4.78, 5) is 10.5. The van der Waals surface area contributed by atoms with Gasteiger partial charge in [0.05, 0.1) is 33.5 Å². The molecule has 0 amide bonds. The number of aromatic nitrogens is 2. The number of fused-ring (bicyclic) bond motifs is 8. The molecular weight excluding hydrogens is 1340 g/mol. The van der Waals surface area contributed by atoms with Crippen molar-refractivity contribution in [2.45, 2.75) is 249 Å². The van der Waals surface area contributed by atoms with Crippen LogP contribution in [-0.2, 0) is 43.3 Å². The molecule has 6 nitrogen and oxygen atoms in total. The number of nitrogens with zero attached hydrogens (tertiary/aromatic N) is 4. The summed E-state index contributed by atoms with van der Waals surface area (Å²) in [5, 5.41) is 4.28. The Bertz CT molecular complexity index is 5550. The van der Waals surface area contributed by atoms with Crippen LogP contribution in [0.3, 0.4) is 0 Å². The van der Waals surface area contributed by atoms with Crippen molar-refractivity contribution >= 4 is 66.5 Å². The highest BCUT2D eigenvalue weighted by Crippen LogP contribution is 2.55. The number of furan rings is 1. The summed E-state index contributed by atoms with van der Waals surface area (Å²) < 4.78 is 17.3. The molecule has 0 saturated heterocycles. The van der Waals surface area contributed by atoms with Crippen LogP contribution < -0.4 is 14.5 Å². The molecule has 3 aromatic heterocycles. The summed E-state index contributed by atoms with van der Waals surface area (Å²) in [6.07, 6.45) is 1.98. The second-order valence-electron chi connectivity index (χ2n) is 40.8. The van der Waals surface area contributed by atoms with Crippen LogP contribution in [0.5, 0.6) is 11.5 Å². The van der Waals surface area contributed by atoms with E-state index in [9.17, 15) is 0 Å². The van der Waals surface area contributed by atoms with E-state index in [4.69, 9.17) is 14.1 Å². The van der Waals surface area contributed by atoms with Crippen LogP contribution in [0.4, 0.5) is 22.7 Å². The molecule has 1 aliphatic rings. The van der Waals surface area contributed by atoms with Gasteiger partial charge in [-0.05, 0) is 217 Å². The molecule has 14 rings (SSSR count). The molecule has 0 fully saturated rings. The van der Waals surface area contributed by atoms with E-state index in [1.54, 1.807) is 0 Å². The van der Waals surface area contributed by atoms with E-state index in [1.807, 2.05) is 6.20 Å². The molecule has 13 aromatic rings. The number of anilines is 4. The van der Waals surface area contributed by atoms with Crippen LogP contribution in [0.2, 0.25) is 0 Å². The van der Waals surface area contributed by atoms with Crippen LogP contribution in [0.15, 0.2) is 199 Å². The van der Waals surface area contributed by atoms with Crippen molar-refractivity contribution in [3.63, 3.8) is 0 Å². The van der Waals surface area contributed by atoms with E-state index >= 15 is 0 Å². The minimum Gasteiger partial charge on any atom is -0.457 e. The maximum atomic E-state index is 7.69. The molecule has 0 aliphatic carbocycles. The summed E-state index contributed by atoms with van der Waals surface area (Å²) in [6.45, 7) is 66.1. The zero-order valence-electron chi connectivity index (χ0n) is 71.4. The number of hydrogen-bond donors (Lipinski definition) is 0. The maximum Gasteiger partial charge on any atom is 0.146 e. The molecule has 0 spiro atoms. The van der Waals surface area contributed by atoms with Gasteiger partial charge in [0, 0.05) is 51.3 Å². The third kappa shape index (κ3) is 14.5. The standard InChI is InChI=1S/C104H120N4O2/c1-62(2)79-35-33-36-80(63(3)4)92(79)67-50-76(106-61-107(87-38-31-30-37-86(87)106)95-84(65-46-71(100(14,15)16)53-72(47-65)101(17,18)19)55-75(104(26,27)28)56-85(95)66-48-73(102(20,21)22)54-74(49-66)103(23,24)25)58-78(51-67)109-77-40-41-81-88(59-77)108(91-57-68(42-43-105-91)97(5,6)7)89-60-83(93-82-34-29-32-39-90(82)110-96(93)94(81)89)64-44-69(98(8,9)10)52-70(45-64)99(11,12)13/h29-60,62-63H,61H2,1-28H3. The zero-order chi connectivity index (χ0) is 79.4. The molecule has 10 aromatic carbocycles. The minimum atomic E-state index is -0.187. The summed E-state index contributed by atoms with van der Waals surface area (Å²) in [7, 11) is 0. The molecule has 0 N–H and O–H groups in total. The normalized spacial score (nSPS) is 13.7. The second-order valence-corrected chi connectivity index (χ2v) is 40.8. The van der Waals surface area contributed by atoms with Gasteiger partial charge in [-0.1, -0.05) is 297 Å². The predicted molar refractivity (Wildman–Crippen MR) is 474 cm³/mol. The van der Waals surface area contributed by atoms with Gasteiger partial charge in [-0.15, -0.1) is 0 Å².